The monoisotopic (exact) mass is 111 g/mol. The minimum absolute atomic E-state index is 1.31. The third-order valence-electron chi connectivity index (χ3n) is 0.173. The van der Waals surface area contributed by atoms with Gasteiger partial charge >= 0.3 is 0 Å². The van der Waals surface area contributed by atoms with Crippen LogP contribution >= 0.6 is 8.53 Å². The fourth-order valence-electron chi connectivity index (χ4n) is 0.0816. The lowest BCUT2D eigenvalue weighted by atomic mass is 11.7. The van der Waals surface area contributed by atoms with Crippen molar-refractivity contribution in [3.63, 3.8) is 0 Å². The van der Waals surface area contributed by atoms with Crippen LogP contribution in [0, 0.1) is 0 Å². The average molecular weight is 111 g/mol. The van der Waals surface area contributed by atoms with Crippen LogP contribution in [0.2, 0.25) is 0 Å². The van der Waals surface area contributed by atoms with E-state index in [1.807, 2.05) is 5.25 Å². The molecule has 0 saturated heterocycles. The fourth-order valence-corrected chi connectivity index (χ4v) is 0.245. The molecule has 0 atom stereocenters. The Hall–Kier alpha value is 0.270. The van der Waals surface area contributed by atoms with E-state index in [1.165, 1.54) is 7.11 Å². The molecule has 0 aliphatic heterocycles. The molecule has 38 valence electrons. The summed E-state index contributed by atoms with van der Waals surface area (Å²) >= 11 is 0. The normalized spacial score (nSPS) is 10.0. The van der Waals surface area contributed by atoms with E-state index in [1.54, 1.807) is 0 Å². The highest BCUT2D eigenvalue weighted by atomic mass is 31.2. The van der Waals surface area contributed by atoms with E-state index in [0.717, 1.165) is 0 Å². The molecule has 4 nitrogen and oxygen atoms in total. The lowest BCUT2D eigenvalue weighted by Crippen LogP contribution is -2.01. The summed E-state index contributed by atoms with van der Waals surface area (Å²) in [5, 5.41) is 1.88. The lowest BCUT2D eigenvalue weighted by molar-refractivity contribution is 0.139. The minimum Gasteiger partial charge on any atom is -0.337 e. The van der Waals surface area contributed by atoms with Crippen molar-refractivity contribution >= 4 is 8.53 Å². The van der Waals surface area contributed by atoms with Crippen LogP contribution in [0.1, 0.15) is 0 Å². The molecule has 0 bridgehead atoms. The maximum Gasteiger partial charge on any atom is 0.275 e. The minimum atomic E-state index is -2.07. The molecule has 0 amide bonds. The molecule has 0 aliphatic carbocycles. The third kappa shape index (κ3) is 4.27. The second-order valence-corrected chi connectivity index (χ2v) is 1.35. The number of rotatable bonds is 2. The summed E-state index contributed by atoms with van der Waals surface area (Å²) in [5.74, 6) is 0. The molecule has 0 aromatic heterocycles. The number of hydrogen-bond donors (Lipinski definition) is 3. The first-order valence-electron chi connectivity index (χ1n) is 1.24. The first kappa shape index (κ1) is 6.27. The summed E-state index contributed by atoms with van der Waals surface area (Å²) in [6, 6.07) is 0. The Bertz CT molecular complexity index is 32.0. The lowest BCUT2D eigenvalue weighted by Gasteiger charge is -1.97. The summed E-state index contributed by atoms with van der Waals surface area (Å²) in [5.41, 5.74) is 0. The van der Waals surface area contributed by atoms with E-state index < -0.39 is 8.53 Å². The van der Waals surface area contributed by atoms with Crippen LogP contribution in [0.15, 0.2) is 0 Å². The predicted octanol–water partition coefficient (Wildman–Crippen LogP) is -0.651. The standard InChI is InChI=1S/CH6NO3P/c1-5-2-6(3)4/h2-4H,1H3. The Morgan fingerprint density at radius 3 is 2.17 bits per heavy atom. The molecule has 0 unspecified atom stereocenters. The molecular formula is CH6NO3P. The van der Waals surface area contributed by atoms with Gasteiger partial charge in [0.1, 0.15) is 0 Å². The molecular weight excluding hydrogens is 105 g/mol. The fraction of sp³-hybridized carbons (Fsp3) is 1.00. The number of hydrogen-bond acceptors (Lipinski definition) is 4. The van der Waals surface area contributed by atoms with Gasteiger partial charge in [-0.3, -0.25) is 4.84 Å². The Morgan fingerprint density at radius 1 is 1.67 bits per heavy atom. The van der Waals surface area contributed by atoms with Gasteiger partial charge in [-0.05, 0) is 0 Å². The van der Waals surface area contributed by atoms with Crippen molar-refractivity contribution in [2.45, 2.75) is 0 Å². The zero-order valence-corrected chi connectivity index (χ0v) is 4.14. The van der Waals surface area contributed by atoms with Crippen molar-refractivity contribution in [2.75, 3.05) is 7.11 Å². The molecule has 0 aromatic carbocycles. The quantitative estimate of drug-likeness (QED) is 0.327. The van der Waals surface area contributed by atoms with E-state index in [-0.39, 0.29) is 0 Å². The van der Waals surface area contributed by atoms with Crippen molar-refractivity contribution in [3.8, 4) is 0 Å². The molecule has 0 aromatic rings. The maximum atomic E-state index is 7.94. The molecule has 5 heteroatoms. The van der Waals surface area contributed by atoms with Crippen LogP contribution in [0.25, 0.3) is 0 Å². The summed E-state index contributed by atoms with van der Waals surface area (Å²) in [4.78, 5) is 20.0. The summed E-state index contributed by atoms with van der Waals surface area (Å²) in [6.45, 7) is 0. The first-order chi connectivity index (χ1) is 2.77. The van der Waals surface area contributed by atoms with Gasteiger partial charge < -0.3 is 9.79 Å². The molecule has 0 rings (SSSR count). The van der Waals surface area contributed by atoms with E-state index in [4.69, 9.17) is 9.79 Å². The third-order valence-corrected chi connectivity index (χ3v) is 0.519. The number of nitrogens with one attached hydrogen (secondary N) is 1. The van der Waals surface area contributed by atoms with Crippen LogP contribution in [-0.2, 0) is 4.84 Å². The van der Waals surface area contributed by atoms with E-state index in [2.05, 4.69) is 4.84 Å². The second-order valence-electron chi connectivity index (χ2n) is 0.585. The average Bonchev–Trinajstić information content (AvgIpc) is 1.35. The smallest absolute Gasteiger partial charge is 0.275 e. The van der Waals surface area contributed by atoms with Crippen LogP contribution in [0.4, 0.5) is 0 Å². The van der Waals surface area contributed by atoms with Crippen LogP contribution in [0.3, 0.4) is 0 Å². The molecule has 3 N–H and O–H groups in total. The molecule has 0 spiro atoms. The van der Waals surface area contributed by atoms with Gasteiger partial charge in [-0.15, -0.1) is 5.25 Å². The molecule has 0 heterocycles. The SMILES string of the molecule is CONP(O)O. The van der Waals surface area contributed by atoms with E-state index in [0.29, 0.717) is 0 Å². The van der Waals surface area contributed by atoms with Gasteiger partial charge in [-0.2, -0.15) is 0 Å². The predicted molar refractivity (Wildman–Crippen MR) is 21.5 cm³/mol. The van der Waals surface area contributed by atoms with Gasteiger partial charge in [0, 0.05) is 0 Å². The summed E-state index contributed by atoms with van der Waals surface area (Å²) < 4.78 is 0. The van der Waals surface area contributed by atoms with Crippen LogP contribution in [-0.4, -0.2) is 16.9 Å². The summed E-state index contributed by atoms with van der Waals surface area (Å²) in [6.07, 6.45) is 0. The molecule has 0 aliphatic rings. The zero-order chi connectivity index (χ0) is 4.99. The van der Waals surface area contributed by atoms with Crippen molar-refractivity contribution < 1.29 is 14.6 Å². The highest BCUT2D eigenvalue weighted by Gasteiger charge is 1.89. The largest absolute Gasteiger partial charge is 0.337 e. The van der Waals surface area contributed by atoms with Gasteiger partial charge in [0.25, 0.3) is 8.53 Å². The Balaban J connectivity index is 2.63. The van der Waals surface area contributed by atoms with Gasteiger partial charge in [-0.25, -0.2) is 0 Å². The van der Waals surface area contributed by atoms with E-state index in [9.17, 15) is 0 Å². The second kappa shape index (κ2) is 3.46. The van der Waals surface area contributed by atoms with Crippen molar-refractivity contribution in [1.82, 2.24) is 5.25 Å². The van der Waals surface area contributed by atoms with Gasteiger partial charge in [-0.1, -0.05) is 0 Å². The zero-order valence-electron chi connectivity index (χ0n) is 3.25. The molecule has 0 saturated carbocycles. The van der Waals surface area contributed by atoms with E-state index >= 15 is 0 Å². The maximum absolute atomic E-state index is 7.94. The van der Waals surface area contributed by atoms with Gasteiger partial charge in [0.05, 0.1) is 7.11 Å². The Labute approximate surface area is 36.7 Å². The Morgan fingerprint density at radius 2 is 2.17 bits per heavy atom. The highest BCUT2D eigenvalue weighted by Crippen LogP contribution is 2.13. The van der Waals surface area contributed by atoms with Crippen LogP contribution < -0.4 is 5.25 Å². The first-order valence-corrected chi connectivity index (χ1v) is 2.48. The topological polar surface area (TPSA) is 61.7 Å². The van der Waals surface area contributed by atoms with Crippen LogP contribution in [0.5, 0.6) is 0 Å². The molecule has 0 fully saturated rings. The Kier molecular flexibility index (Phi) is 3.62. The molecule has 6 heavy (non-hydrogen) atoms. The van der Waals surface area contributed by atoms with Crippen molar-refractivity contribution in [2.24, 2.45) is 0 Å². The van der Waals surface area contributed by atoms with Crippen molar-refractivity contribution in [3.05, 3.63) is 0 Å². The molecule has 0 radical (unpaired) electrons. The highest BCUT2D eigenvalue weighted by molar-refractivity contribution is 7.42. The van der Waals surface area contributed by atoms with Crippen molar-refractivity contribution in [1.29, 1.82) is 0 Å². The summed E-state index contributed by atoms with van der Waals surface area (Å²) in [7, 11) is -0.765. The van der Waals surface area contributed by atoms with Gasteiger partial charge in [0.15, 0.2) is 0 Å². The van der Waals surface area contributed by atoms with Gasteiger partial charge in [0.2, 0.25) is 0 Å².